The Balaban J connectivity index is 1.76. The molecule has 7 nitrogen and oxygen atoms in total. The number of nitrogens with zero attached hydrogens (tertiary/aromatic N) is 1. The van der Waals surface area contributed by atoms with Gasteiger partial charge in [-0.2, -0.15) is 0 Å². The number of hydrogen-bond donors (Lipinski definition) is 1. The van der Waals surface area contributed by atoms with Gasteiger partial charge in [-0.3, -0.25) is 14.9 Å². The average molecular weight is 365 g/mol. The van der Waals surface area contributed by atoms with E-state index in [2.05, 4.69) is 0 Å². The number of ketones is 1. The summed E-state index contributed by atoms with van der Waals surface area (Å²) >= 11 is 0. The molecule has 0 aliphatic heterocycles. The molecule has 27 heavy (non-hydrogen) atoms. The van der Waals surface area contributed by atoms with Gasteiger partial charge in [-0.25, -0.2) is 4.79 Å². The van der Waals surface area contributed by atoms with Crippen molar-refractivity contribution < 1.29 is 24.4 Å². The number of fused-ring (bicyclic) bond motifs is 1. The lowest BCUT2D eigenvalue weighted by Gasteiger charge is -2.08. The van der Waals surface area contributed by atoms with Gasteiger partial charge in [-0.15, -0.1) is 0 Å². The minimum atomic E-state index is -0.854. The number of nitro benzene ring substituents is 1. The van der Waals surface area contributed by atoms with Crippen LogP contribution in [0.2, 0.25) is 0 Å². The maximum atomic E-state index is 12.2. The number of hydrogen-bond acceptors (Lipinski definition) is 6. The summed E-state index contributed by atoms with van der Waals surface area (Å²) in [4.78, 5) is 34.8. The summed E-state index contributed by atoms with van der Waals surface area (Å²) in [5.74, 6) is -1.68. The van der Waals surface area contributed by atoms with Gasteiger partial charge in [-0.05, 0) is 29.8 Å². The molecule has 0 unspecified atom stereocenters. The van der Waals surface area contributed by atoms with Gasteiger partial charge in [-0.1, -0.05) is 36.4 Å². The Labute approximate surface area is 154 Å². The predicted molar refractivity (Wildman–Crippen MR) is 98.1 cm³/mol. The summed E-state index contributed by atoms with van der Waals surface area (Å²) in [6.45, 7) is 0.972. The van der Waals surface area contributed by atoms with Gasteiger partial charge in [0.25, 0.3) is 5.69 Å². The first-order valence-corrected chi connectivity index (χ1v) is 8.04. The van der Waals surface area contributed by atoms with E-state index in [-0.39, 0.29) is 22.6 Å². The molecule has 1 N–H and O–H groups in total. The van der Waals surface area contributed by atoms with E-state index in [1.54, 1.807) is 31.2 Å². The number of ether oxygens (including phenoxy) is 1. The molecule has 0 radical (unpaired) electrons. The lowest BCUT2D eigenvalue weighted by atomic mass is 10.1. The number of benzene rings is 3. The molecule has 0 saturated carbocycles. The van der Waals surface area contributed by atoms with E-state index in [0.29, 0.717) is 5.56 Å². The molecule has 0 fully saturated rings. The fourth-order valence-corrected chi connectivity index (χ4v) is 2.66. The van der Waals surface area contributed by atoms with Crippen molar-refractivity contribution in [2.24, 2.45) is 0 Å². The van der Waals surface area contributed by atoms with Gasteiger partial charge in [0.05, 0.1) is 4.92 Å². The maximum absolute atomic E-state index is 12.2. The summed E-state index contributed by atoms with van der Waals surface area (Å²) in [5.41, 5.74) is 0.258. The second-order valence-corrected chi connectivity index (χ2v) is 5.97. The molecule has 136 valence electrons. The van der Waals surface area contributed by atoms with Gasteiger partial charge < -0.3 is 9.84 Å². The number of aryl methyl sites for hydroxylation is 1. The standard InChI is InChI=1S/C20H15NO6/c1-12-6-7-15(9-17(12)21(25)26)19(23)11-27-20(24)16-8-13-4-2-3-5-14(13)10-18(16)22/h2-10,22H,11H2,1H3. The number of carbonyl (C=O) groups is 2. The average Bonchev–Trinajstić information content (AvgIpc) is 2.65. The van der Waals surface area contributed by atoms with Crippen molar-refractivity contribution in [1.29, 1.82) is 0 Å². The van der Waals surface area contributed by atoms with Crippen molar-refractivity contribution in [1.82, 2.24) is 0 Å². The van der Waals surface area contributed by atoms with Crippen molar-refractivity contribution in [3.8, 4) is 5.75 Å². The fraction of sp³-hybridized carbons (Fsp3) is 0.100. The van der Waals surface area contributed by atoms with Gasteiger partial charge >= 0.3 is 5.97 Å². The van der Waals surface area contributed by atoms with Crippen LogP contribution in [0.5, 0.6) is 5.75 Å². The minimum absolute atomic E-state index is 0.0589. The van der Waals surface area contributed by atoms with Crippen molar-refractivity contribution >= 4 is 28.2 Å². The van der Waals surface area contributed by atoms with Crippen LogP contribution in [0.4, 0.5) is 5.69 Å². The van der Waals surface area contributed by atoms with Crippen LogP contribution in [0.1, 0.15) is 26.3 Å². The number of carbonyl (C=O) groups excluding carboxylic acids is 2. The van der Waals surface area contributed by atoms with Crippen LogP contribution in [-0.4, -0.2) is 28.4 Å². The zero-order chi connectivity index (χ0) is 19.6. The summed E-state index contributed by atoms with van der Waals surface area (Å²) in [7, 11) is 0. The number of Topliss-reactive ketones (excluding diaryl/α,β-unsaturated/α-hetero) is 1. The van der Waals surface area contributed by atoms with Crippen LogP contribution in [0, 0.1) is 17.0 Å². The molecule has 0 saturated heterocycles. The number of esters is 1. The van der Waals surface area contributed by atoms with E-state index in [1.807, 2.05) is 0 Å². The van der Waals surface area contributed by atoms with E-state index in [4.69, 9.17) is 4.74 Å². The summed E-state index contributed by atoms with van der Waals surface area (Å²) in [6, 6.07) is 14.1. The van der Waals surface area contributed by atoms with Crippen LogP contribution in [-0.2, 0) is 4.74 Å². The van der Waals surface area contributed by atoms with Crippen molar-refractivity contribution in [3.05, 3.63) is 81.4 Å². The molecule has 3 aromatic carbocycles. The third kappa shape index (κ3) is 3.77. The fourth-order valence-electron chi connectivity index (χ4n) is 2.66. The Morgan fingerprint density at radius 1 is 1.07 bits per heavy atom. The molecule has 0 spiro atoms. The molecule has 3 rings (SSSR count). The van der Waals surface area contributed by atoms with Crippen LogP contribution in [0.3, 0.4) is 0 Å². The number of phenols is 1. The van der Waals surface area contributed by atoms with E-state index >= 15 is 0 Å². The van der Waals surface area contributed by atoms with E-state index in [0.717, 1.165) is 16.8 Å². The monoisotopic (exact) mass is 365 g/mol. The highest BCUT2D eigenvalue weighted by molar-refractivity contribution is 6.02. The molecular weight excluding hydrogens is 350 g/mol. The summed E-state index contributed by atoms with van der Waals surface area (Å²) < 4.78 is 4.99. The van der Waals surface area contributed by atoms with Crippen LogP contribution < -0.4 is 0 Å². The van der Waals surface area contributed by atoms with Crippen LogP contribution >= 0.6 is 0 Å². The first kappa shape index (κ1) is 18.1. The predicted octanol–water partition coefficient (Wildman–Crippen LogP) is 3.80. The van der Waals surface area contributed by atoms with Crippen LogP contribution in [0.25, 0.3) is 10.8 Å². The Morgan fingerprint density at radius 2 is 1.74 bits per heavy atom. The second kappa shape index (κ2) is 7.25. The largest absolute Gasteiger partial charge is 0.507 e. The minimum Gasteiger partial charge on any atom is -0.507 e. The normalized spacial score (nSPS) is 10.6. The first-order chi connectivity index (χ1) is 12.9. The first-order valence-electron chi connectivity index (χ1n) is 8.04. The Kier molecular flexibility index (Phi) is 4.85. The quantitative estimate of drug-likeness (QED) is 0.319. The number of phenolic OH excluding ortho intramolecular Hbond substituents is 1. The third-order valence-corrected chi connectivity index (χ3v) is 4.15. The van der Waals surface area contributed by atoms with Crippen molar-refractivity contribution in [2.75, 3.05) is 6.61 Å². The summed E-state index contributed by atoms with van der Waals surface area (Å²) in [5, 5.41) is 22.5. The molecule has 0 aromatic heterocycles. The van der Waals surface area contributed by atoms with Gasteiger partial charge in [0.1, 0.15) is 11.3 Å². The molecule has 0 bridgehead atoms. The zero-order valence-corrected chi connectivity index (χ0v) is 14.3. The lowest BCUT2D eigenvalue weighted by molar-refractivity contribution is -0.385. The highest BCUT2D eigenvalue weighted by Crippen LogP contribution is 2.26. The van der Waals surface area contributed by atoms with E-state index in [1.165, 1.54) is 24.3 Å². The van der Waals surface area contributed by atoms with Gasteiger partial charge in [0.15, 0.2) is 6.61 Å². The Bertz CT molecular complexity index is 1070. The number of aromatic hydroxyl groups is 1. The molecule has 0 aliphatic rings. The second-order valence-electron chi connectivity index (χ2n) is 5.97. The van der Waals surface area contributed by atoms with Crippen molar-refractivity contribution in [2.45, 2.75) is 6.92 Å². The molecular formula is C20H15NO6. The van der Waals surface area contributed by atoms with Gasteiger partial charge in [0.2, 0.25) is 5.78 Å². The SMILES string of the molecule is Cc1ccc(C(=O)COC(=O)c2cc3ccccc3cc2O)cc1[N+](=O)[O-]. The van der Waals surface area contributed by atoms with Gasteiger partial charge in [0, 0.05) is 17.2 Å². The molecule has 0 heterocycles. The lowest BCUT2D eigenvalue weighted by Crippen LogP contribution is -2.14. The summed E-state index contributed by atoms with van der Waals surface area (Å²) in [6.07, 6.45) is 0. The highest BCUT2D eigenvalue weighted by atomic mass is 16.6. The molecule has 0 amide bonds. The third-order valence-electron chi connectivity index (χ3n) is 4.15. The van der Waals surface area contributed by atoms with Crippen LogP contribution in [0.15, 0.2) is 54.6 Å². The number of nitro groups is 1. The maximum Gasteiger partial charge on any atom is 0.342 e. The molecule has 7 heteroatoms. The molecule has 0 aliphatic carbocycles. The zero-order valence-electron chi connectivity index (χ0n) is 14.3. The van der Waals surface area contributed by atoms with E-state index in [9.17, 15) is 24.8 Å². The Morgan fingerprint density at radius 3 is 2.41 bits per heavy atom. The molecule has 0 atom stereocenters. The molecule has 3 aromatic rings. The highest BCUT2D eigenvalue weighted by Gasteiger charge is 2.18. The topological polar surface area (TPSA) is 107 Å². The smallest absolute Gasteiger partial charge is 0.342 e. The van der Waals surface area contributed by atoms with E-state index < -0.39 is 23.3 Å². The Hall–Kier alpha value is -3.74. The van der Waals surface area contributed by atoms with Crippen molar-refractivity contribution in [3.63, 3.8) is 0 Å². The number of rotatable bonds is 5.